The van der Waals surface area contributed by atoms with E-state index in [0.717, 1.165) is 24.3 Å². The summed E-state index contributed by atoms with van der Waals surface area (Å²) in [6, 6.07) is 18.0. The highest BCUT2D eigenvalue weighted by atomic mass is 16.5. The molecular weight excluding hydrogens is 298 g/mol. The number of benzene rings is 2. The first-order valence-electron chi connectivity index (χ1n) is 8.12. The van der Waals surface area contributed by atoms with Crippen LogP contribution in [0.2, 0.25) is 0 Å². The lowest BCUT2D eigenvalue weighted by Gasteiger charge is -2.25. The Morgan fingerprint density at radius 1 is 1.12 bits per heavy atom. The van der Waals surface area contributed by atoms with Crippen molar-refractivity contribution in [3.8, 4) is 5.75 Å². The van der Waals surface area contributed by atoms with Gasteiger partial charge in [-0.05, 0) is 41.3 Å². The highest BCUT2D eigenvalue weighted by Gasteiger charge is 2.15. The van der Waals surface area contributed by atoms with Crippen LogP contribution in [0.25, 0.3) is 11.6 Å². The fourth-order valence-corrected chi connectivity index (χ4v) is 2.80. The average Bonchev–Trinajstić information content (AvgIpc) is 2.67. The topological polar surface area (TPSA) is 29.5 Å². The number of methoxy groups -OCH3 is 1. The van der Waals surface area contributed by atoms with Crippen LogP contribution in [0.3, 0.4) is 0 Å². The number of amides is 1. The molecule has 3 heteroatoms. The average molecular weight is 319 g/mol. The van der Waals surface area contributed by atoms with Crippen molar-refractivity contribution < 1.29 is 9.53 Å². The molecule has 3 nitrogen and oxygen atoms in total. The lowest BCUT2D eigenvalue weighted by molar-refractivity contribution is -0.125. The molecule has 0 fully saturated rings. The van der Waals surface area contributed by atoms with Gasteiger partial charge in [0.25, 0.3) is 0 Å². The van der Waals surface area contributed by atoms with E-state index in [9.17, 15) is 4.79 Å². The van der Waals surface area contributed by atoms with E-state index in [4.69, 9.17) is 4.74 Å². The van der Waals surface area contributed by atoms with Gasteiger partial charge in [-0.25, -0.2) is 0 Å². The molecular formula is C21H21NO2. The molecule has 0 aromatic heterocycles. The summed E-state index contributed by atoms with van der Waals surface area (Å²) in [5.41, 5.74) is 3.52. The number of rotatable bonds is 4. The quantitative estimate of drug-likeness (QED) is 0.797. The molecule has 2 aromatic carbocycles. The van der Waals surface area contributed by atoms with Crippen LogP contribution < -0.4 is 4.74 Å². The molecule has 3 rings (SSSR count). The van der Waals surface area contributed by atoms with Crippen LogP contribution >= 0.6 is 0 Å². The van der Waals surface area contributed by atoms with Gasteiger partial charge in [0.15, 0.2) is 0 Å². The summed E-state index contributed by atoms with van der Waals surface area (Å²) in [7, 11) is 1.64. The van der Waals surface area contributed by atoms with Crippen LogP contribution in [0, 0.1) is 0 Å². The molecule has 0 spiro atoms. The lowest BCUT2D eigenvalue weighted by atomic mass is 9.99. The monoisotopic (exact) mass is 319 g/mol. The van der Waals surface area contributed by atoms with Crippen LogP contribution in [0.5, 0.6) is 5.75 Å². The molecule has 2 aromatic rings. The van der Waals surface area contributed by atoms with Gasteiger partial charge < -0.3 is 9.64 Å². The Balaban J connectivity index is 1.62. The van der Waals surface area contributed by atoms with Gasteiger partial charge in [0.2, 0.25) is 5.91 Å². The van der Waals surface area contributed by atoms with Crippen molar-refractivity contribution in [2.24, 2.45) is 0 Å². The molecule has 0 radical (unpaired) electrons. The second-order valence-electron chi connectivity index (χ2n) is 5.74. The maximum Gasteiger partial charge on any atom is 0.246 e. The van der Waals surface area contributed by atoms with Gasteiger partial charge in [0.05, 0.1) is 7.11 Å². The normalized spacial score (nSPS) is 14.5. The fraction of sp³-hybridized carbons (Fsp3) is 0.190. The molecule has 1 heterocycles. The smallest absolute Gasteiger partial charge is 0.246 e. The van der Waals surface area contributed by atoms with Crippen molar-refractivity contribution in [1.29, 1.82) is 0 Å². The van der Waals surface area contributed by atoms with Crippen LogP contribution in [-0.2, 0) is 4.79 Å². The first-order chi connectivity index (χ1) is 11.8. The number of hydrogen-bond acceptors (Lipinski definition) is 2. The van der Waals surface area contributed by atoms with Crippen LogP contribution in [0.1, 0.15) is 17.5 Å². The largest absolute Gasteiger partial charge is 0.497 e. The zero-order chi connectivity index (χ0) is 16.8. The van der Waals surface area contributed by atoms with Crippen LogP contribution in [-0.4, -0.2) is 31.0 Å². The maximum absolute atomic E-state index is 12.3. The maximum atomic E-state index is 12.3. The predicted octanol–water partition coefficient (Wildman–Crippen LogP) is 4.02. The Bertz CT molecular complexity index is 762. The van der Waals surface area contributed by atoms with Gasteiger partial charge in [-0.2, -0.15) is 0 Å². The third-order valence-corrected chi connectivity index (χ3v) is 4.18. The summed E-state index contributed by atoms with van der Waals surface area (Å²) in [5, 5.41) is 0. The highest BCUT2D eigenvalue weighted by molar-refractivity contribution is 5.92. The first kappa shape index (κ1) is 16.1. The van der Waals surface area contributed by atoms with E-state index in [2.05, 4.69) is 18.2 Å². The van der Waals surface area contributed by atoms with Crippen molar-refractivity contribution in [2.75, 3.05) is 20.2 Å². The van der Waals surface area contributed by atoms with E-state index in [-0.39, 0.29) is 5.91 Å². The summed E-state index contributed by atoms with van der Waals surface area (Å²) in [6.45, 7) is 1.41. The lowest BCUT2D eigenvalue weighted by Crippen LogP contribution is -2.33. The van der Waals surface area contributed by atoms with Gasteiger partial charge in [0.1, 0.15) is 5.75 Å². The number of nitrogens with zero attached hydrogens (tertiary/aromatic N) is 1. The van der Waals surface area contributed by atoms with Crippen molar-refractivity contribution in [3.63, 3.8) is 0 Å². The minimum absolute atomic E-state index is 0.0428. The van der Waals surface area contributed by atoms with Gasteiger partial charge in [-0.15, -0.1) is 0 Å². The Labute approximate surface area is 142 Å². The van der Waals surface area contributed by atoms with Gasteiger partial charge in [-0.3, -0.25) is 4.79 Å². The molecule has 0 saturated carbocycles. The summed E-state index contributed by atoms with van der Waals surface area (Å²) in [6.07, 6.45) is 6.51. The van der Waals surface area contributed by atoms with Crippen molar-refractivity contribution >= 4 is 17.6 Å². The third kappa shape index (κ3) is 3.93. The van der Waals surface area contributed by atoms with E-state index in [0.29, 0.717) is 6.54 Å². The Morgan fingerprint density at radius 2 is 1.96 bits per heavy atom. The van der Waals surface area contributed by atoms with E-state index in [1.165, 1.54) is 11.1 Å². The summed E-state index contributed by atoms with van der Waals surface area (Å²) in [4.78, 5) is 14.2. The Kier molecular flexibility index (Phi) is 5.12. The minimum Gasteiger partial charge on any atom is -0.497 e. The van der Waals surface area contributed by atoms with Crippen molar-refractivity contribution in [2.45, 2.75) is 6.42 Å². The number of hydrogen-bond donors (Lipinski definition) is 0. The summed E-state index contributed by atoms with van der Waals surface area (Å²) in [5.74, 6) is 0.833. The number of ether oxygens (including phenoxy) is 1. The zero-order valence-electron chi connectivity index (χ0n) is 13.8. The van der Waals surface area contributed by atoms with Crippen LogP contribution in [0.15, 0.2) is 66.7 Å². The van der Waals surface area contributed by atoms with Crippen LogP contribution in [0.4, 0.5) is 0 Å². The number of carbonyl (C=O) groups excluding carboxylic acids is 1. The first-order valence-corrected chi connectivity index (χ1v) is 8.12. The second kappa shape index (κ2) is 7.64. The zero-order valence-corrected chi connectivity index (χ0v) is 13.8. The molecule has 1 amide bonds. The predicted molar refractivity (Wildman–Crippen MR) is 97.6 cm³/mol. The number of carbonyl (C=O) groups is 1. The van der Waals surface area contributed by atoms with Gasteiger partial charge in [-0.1, -0.05) is 48.5 Å². The SMILES string of the molecule is COc1cccc(/C=C/C(=O)N2CC=C(c3ccccc3)CC2)c1. The van der Waals surface area contributed by atoms with E-state index < -0.39 is 0 Å². The molecule has 0 aliphatic carbocycles. The molecule has 1 aliphatic heterocycles. The van der Waals surface area contributed by atoms with E-state index >= 15 is 0 Å². The third-order valence-electron chi connectivity index (χ3n) is 4.18. The van der Waals surface area contributed by atoms with Gasteiger partial charge in [0, 0.05) is 19.2 Å². The molecule has 0 unspecified atom stereocenters. The molecule has 1 aliphatic rings. The Hall–Kier alpha value is -2.81. The molecule has 0 bridgehead atoms. The minimum atomic E-state index is 0.0428. The standard InChI is InChI=1S/C21H21NO2/c1-24-20-9-5-6-17(16-20)10-11-21(23)22-14-12-19(13-15-22)18-7-3-2-4-8-18/h2-12,16H,13-15H2,1H3/b11-10+. The molecule has 24 heavy (non-hydrogen) atoms. The molecule has 0 saturated heterocycles. The second-order valence-corrected chi connectivity index (χ2v) is 5.74. The van der Waals surface area contributed by atoms with E-state index in [1.54, 1.807) is 13.2 Å². The van der Waals surface area contributed by atoms with Crippen molar-refractivity contribution in [3.05, 3.63) is 77.9 Å². The molecule has 122 valence electrons. The summed E-state index contributed by atoms with van der Waals surface area (Å²) < 4.78 is 5.19. The Morgan fingerprint density at radius 3 is 2.67 bits per heavy atom. The summed E-state index contributed by atoms with van der Waals surface area (Å²) >= 11 is 0. The molecule has 0 atom stereocenters. The fourth-order valence-electron chi connectivity index (χ4n) is 2.80. The highest BCUT2D eigenvalue weighted by Crippen LogP contribution is 2.22. The van der Waals surface area contributed by atoms with Crippen molar-refractivity contribution in [1.82, 2.24) is 4.90 Å². The molecule has 0 N–H and O–H groups in total. The van der Waals surface area contributed by atoms with E-state index in [1.807, 2.05) is 53.4 Å². The van der Waals surface area contributed by atoms with Gasteiger partial charge >= 0.3 is 0 Å².